The van der Waals surface area contributed by atoms with Crippen molar-refractivity contribution in [2.24, 2.45) is 0 Å². The van der Waals surface area contributed by atoms with E-state index >= 15 is 0 Å². The van der Waals surface area contributed by atoms with E-state index in [9.17, 15) is 0 Å². The molecule has 0 amide bonds. The van der Waals surface area contributed by atoms with Crippen LogP contribution in [0.3, 0.4) is 0 Å². The molecule has 0 N–H and O–H groups in total. The minimum atomic E-state index is 0.486. The van der Waals surface area contributed by atoms with Gasteiger partial charge < -0.3 is 4.90 Å². The molecule has 2 aromatic rings. The van der Waals surface area contributed by atoms with Crippen LogP contribution in [0.2, 0.25) is 5.15 Å². The van der Waals surface area contributed by atoms with E-state index in [-0.39, 0.29) is 0 Å². The Morgan fingerprint density at radius 1 is 1.11 bits per heavy atom. The number of aryl methyl sites for hydroxylation is 3. The molecule has 0 fully saturated rings. The lowest BCUT2D eigenvalue weighted by atomic mass is 10.0. The van der Waals surface area contributed by atoms with E-state index in [1.54, 1.807) is 0 Å². The van der Waals surface area contributed by atoms with Crippen molar-refractivity contribution < 1.29 is 0 Å². The molecule has 0 unspecified atom stereocenters. The van der Waals surface area contributed by atoms with Crippen LogP contribution in [0.1, 0.15) is 23.4 Å². The zero-order chi connectivity index (χ0) is 13.4. The van der Waals surface area contributed by atoms with Crippen molar-refractivity contribution >= 4 is 23.1 Å². The van der Waals surface area contributed by atoms with Crippen LogP contribution in [0.5, 0.6) is 0 Å². The number of benzene rings is 1. The molecule has 3 rings (SSSR count). The first-order chi connectivity index (χ1) is 9.16. The van der Waals surface area contributed by atoms with Crippen molar-refractivity contribution in [3.8, 4) is 0 Å². The van der Waals surface area contributed by atoms with Crippen LogP contribution >= 0.6 is 11.6 Å². The van der Waals surface area contributed by atoms with Crippen molar-refractivity contribution in [3.63, 3.8) is 0 Å². The minimum Gasteiger partial charge on any atom is -0.324 e. The second-order valence-electron chi connectivity index (χ2n) is 4.89. The van der Waals surface area contributed by atoms with Gasteiger partial charge in [0, 0.05) is 12.2 Å². The van der Waals surface area contributed by atoms with Crippen LogP contribution in [0, 0.1) is 13.8 Å². The lowest BCUT2D eigenvalue weighted by Gasteiger charge is -2.30. The Kier molecular flexibility index (Phi) is 3.15. The lowest BCUT2D eigenvalue weighted by Crippen LogP contribution is -2.26. The highest BCUT2D eigenvalue weighted by atomic mass is 35.5. The molecule has 0 atom stereocenters. The summed E-state index contributed by atoms with van der Waals surface area (Å²) >= 11 is 6.29. The molecule has 0 bridgehead atoms. The molecule has 1 aromatic heterocycles. The summed E-state index contributed by atoms with van der Waals surface area (Å²) in [7, 11) is 0. The molecular formula is C15H16ClN3. The van der Waals surface area contributed by atoms with Crippen molar-refractivity contribution in [1.82, 2.24) is 9.97 Å². The summed E-state index contributed by atoms with van der Waals surface area (Å²) in [6, 6.07) is 8.43. The smallest absolute Gasteiger partial charge is 0.172 e. The largest absolute Gasteiger partial charge is 0.324 e. The number of aromatic nitrogens is 2. The van der Waals surface area contributed by atoms with Crippen molar-refractivity contribution in [2.75, 3.05) is 11.4 Å². The van der Waals surface area contributed by atoms with Crippen LogP contribution in [0.25, 0.3) is 0 Å². The van der Waals surface area contributed by atoms with Gasteiger partial charge in [-0.15, -0.1) is 0 Å². The summed E-state index contributed by atoms with van der Waals surface area (Å²) in [6.45, 7) is 4.84. The van der Waals surface area contributed by atoms with E-state index in [1.165, 1.54) is 11.3 Å². The number of nitrogens with zero attached hydrogens (tertiary/aromatic N) is 3. The Morgan fingerprint density at radius 3 is 2.68 bits per heavy atom. The highest BCUT2D eigenvalue weighted by Gasteiger charge is 2.22. The summed E-state index contributed by atoms with van der Waals surface area (Å²) in [6.07, 6.45) is 2.23. The Morgan fingerprint density at radius 2 is 1.84 bits per heavy atom. The fraction of sp³-hybridized carbons (Fsp3) is 0.333. The van der Waals surface area contributed by atoms with Gasteiger partial charge in [-0.3, -0.25) is 0 Å². The second kappa shape index (κ2) is 4.82. The Labute approximate surface area is 118 Å². The summed E-state index contributed by atoms with van der Waals surface area (Å²) in [4.78, 5) is 11.2. The summed E-state index contributed by atoms with van der Waals surface area (Å²) < 4.78 is 0. The van der Waals surface area contributed by atoms with E-state index in [1.807, 2.05) is 13.8 Å². The average Bonchev–Trinajstić information content (AvgIpc) is 2.42. The average molecular weight is 274 g/mol. The van der Waals surface area contributed by atoms with Gasteiger partial charge in [-0.2, -0.15) is 0 Å². The van der Waals surface area contributed by atoms with Crippen LogP contribution < -0.4 is 4.90 Å². The fourth-order valence-corrected chi connectivity index (χ4v) is 2.76. The first-order valence-electron chi connectivity index (χ1n) is 6.53. The van der Waals surface area contributed by atoms with E-state index in [4.69, 9.17) is 11.6 Å². The van der Waals surface area contributed by atoms with Gasteiger partial charge in [-0.05, 0) is 38.3 Å². The molecule has 1 aliphatic heterocycles. The van der Waals surface area contributed by atoms with Crippen molar-refractivity contribution in [3.05, 3.63) is 46.4 Å². The third-order valence-corrected chi connectivity index (χ3v) is 3.87. The molecule has 1 aliphatic rings. The van der Waals surface area contributed by atoms with Crippen molar-refractivity contribution in [1.29, 1.82) is 0 Å². The number of para-hydroxylation sites is 1. The SMILES string of the molecule is Cc1nc(Cl)c(N2CCCc3ccccc32)nc1C. The molecule has 3 nitrogen and oxygen atoms in total. The van der Waals surface area contributed by atoms with Crippen LogP contribution in [-0.2, 0) is 6.42 Å². The maximum Gasteiger partial charge on any atom is 0.172 e. The van der Waals surface area contributed by atoms with Gasteiger partial charge in [0.05, 0.1) is 11.4 Å². The molecule has 0 aliphatic carbocycles. The molecule has 4 heteroatoms. The first kappa shape index (κ1) is 12.4. The van der Waals surface area contributed by atoms with Crippen LogP contribution in [0.15, 0.2) is 24.3 Å². The van der Waals surface area contributed by atoms with Crippen LogP contribution in [-0.4, -0.2) is 16.5 Å². The molecule has 0 saturated carbocycles. The zero-order valence-electron chi connectivity index (χ0n) is 11.2. The number of rotatable bonds is 1. The Hall–Kier alpha value is -1.61. The first-order valence-corrected chi connectivity index (χ1v) is 6.91. The van der Waals surface area contributed by atoms with E-state index in [0.717, 1.165) is 36.6 Å². The number of anilines is 2. The van der Waals surface area contributed by atoms with Gasteiger partial charge in [-0.25, -0.2) is 9.97 Å². The molecule has 1 aromatic carbocycles. The predicted octanol–water partition coefficient (Wildman–Crippen LogP) is 3.83. The molecule has 2 heterocycles. The molecule has 98 valence electrons. The monoisotopic (exact) mass is 273 g/mol. The third kappa shape index (κ3) is 2.19. The van der Waals surface area contributed by atoms with Gasteiger partial charge in [0.1, 0.15) is 0 Å². The molecule has 0 spiro atoms. The summed E-state index contributed by atoms with van der Waals surface area (Å²) in [5, 5.41) is 0.486. The molecule has 0 radical (unpaired) electrons. The van der Waals surface area contributed by atoms with E-state index in [0.29, 0.717) is 5.15 Å². The number of hydrogen-bond acceptors (Lipinski definition) is 3. The highest BCUT2D eigenvalue weighted by molar-refractivity contribution is 6.31. The number of fused-ring (bicyclic) bond motifs is 1. The highest BCUT2D eigenvalue weighted by Crippen LogP contribution is 2.35. The van der Waals surface area contributed by atoms with Gasteiger partial charge in [0.25, 0.3) is 0 Å². The van der Waals surface area contributed by atoms with E-state index in [2.05, 4.69) is 39.1 Å². The summed E-state index contributed by atoms with van der Waals surface area (Å²) in [5.41, 5.74) is 4.37. The Balaban J connectivity index is 2.11. The number of hydrogen-bond donors (Lipinski definition) is 0. The van der Waals surface area contributed by atoms with Gasteiger partial charge in [-0.1, -0.05) is 29.8 Å². The topological polar surface area (TPSA) is 29.0 Å². The third-order valence-electron chi connectivity index (χ3n) is 3.61. The quantitative estimate of drug-likeness (QED) is 0.791. The zero-order valence-corrected chi connectivity index (χ0v) is 11.9. The maximum atomic E-state index is 6.29. The van der Waals surface area contributed by atoms with Gasteiger partial charge >= 0.3 is 0 Å². The maximum absolute atomic E-state index is 6.29. The Bertz CT molecular complexity index is 625. The molecule has 0 saturated heterocycles. The fourth-order valence-electron chi connectivity index (χ4n) is 2.49. The van der Waals surface area contributed by atoms with Crippen LogP contribution in [0.4, 0.5) is 11.5 Å². The van der Waals surface area contributed by atoms with Crippen molar-refractivity contribution in [2.45, 2.75) is 26.7 Å². The second-order valence-corrected chi connectivity index (χ2v) is 5.25. The lowest BCUT2D eigenvalue weighted by molar-refractivity contribution is 0.755. The standard InChI is InChI=1S/C15H16ClN3/c1-10-11(2)18-15(14(16)17-10)19-9-5-7-12-6-3-4-8-13(12)19/h3-4,6,8H,5,7,9H2,1-2H3. The summed E-state index contributed by atoms with van der Waals surface area (Å²) in [5.74, 6) is 0.775. The predicted molar refractivity (Wildman–Crippen MR) is 78.3 cm³/mol. The van der Waals surface area contributed by atoms with E-state index < -0.39 is 0 Å². The minimum absolute atomic E-state index is 0.486. The molecular weight excluding hydrogens is 258 g/mol. The normalized spacial score (nSPS) is 14.4. The molecule has 19 heavy (non-hydrogen) atoms. The number of halogens is 1. The van der Waals surface area contributed by atoms with Gasteiger partial charge in [0.2, 0.25) is 0 Å². The van der Waals surface area contributed by atoms with Gasteiger partial charge in [0.15, 0.2) is 11.0 Å².